The van der Waals surface area contributed by atoms with E-state index in [1.54, 1.807) is 13.0 Å². The van der Waals surface area contributed by atoms with Gasteiger partial charge in [-0.3, -0.25) is 14.3 Å². The molecule has 26 heavy (non-hydrogen) atoms. The number of sulfonamides is 1. The zero-order valence-electron chi connectivity index (χ0n) is 14.0. The van der Waals surface area contributed by atoms with Gasteiger partial charge < -0.3 is 5.11 Å². The van der Waals surface area contributed by atoms with E-state index in [-0.39, 0.29) is 16.1 Å². The van der Waals surface area contributed by atoms with Crippen LogP contribution in [0.25, 0.3) is 5.76 Å². The Kier molecular flexibility index (Phi) is 5.84. The number of anilines is 1. The first-order valence-electron chi connectivity index (χ1n) is 7.46. The summed E-state index contributed by atoms with van der Waals surface area (Å²) in [5.41, 5.74) is 0.771. The Morgan fingerprint density at radius 2 is 1.81 bits per heavy atom. The highest BCUT2D eigenvalue weighted by atomic mass is 35.5. The molecule has 6 nitrogen and oxygen atoms in total. The van der Waals surface area contributed by atoms with Crippen molar-refractivity contribution in [3.05, 3.63) is 64.7 Å². The van der Waals surface area contributed by atoms with Gasteiger partial charge in [-0.2, -0.15) is 0 Å². The number of ketones is 2. The predicted octanol–water partition coefficient (Wildman–Crippen LogP) is 3.51. The molecule has 0 unspecified atom stereocenters. The van der Waals surface area contributed by atoms with Gasteiger partial charge in [0.15, 0.2) is 5.78 Å². The number of carbonyl (C=O) groups excluding carboxylic acids is 2. The Bertz CT molecular complexity index is 1010. The number of hydrogen-bond donors (Lipinski definition) is 2. The first-order chi connectivity index (χ1) is 12.1. The number of rotatable bonds is 6. The molecule has 2 aromatic rings. The number of carbonyl (C=O) groups is 2. The maximum atomic E-state index is 12.6. The standard InChI is InChI=1S/C18H16ClNO5S/c1-11-15(19)7-4-8-18(11)26(24,25)20-14-6-3-5-13(9-14)17(23)10-16(22)12(2)21/h3-10,20,23H,1-2H3/b17-10-. The van der Waals surface area contributed by atoms with Crippen molar-refractivity contribution in [2.45, 2.75) is 18.7 Å². The molecule has 0 atom stereocenters. The van der Waals surface area contributed by atoms with E-state index < -0.39 is 27.3 Å². The van der Waals surface area contributed by atoms with Crippen molar-refractivity contribution in [3.8, 4) is 0 Å². The second-order valence-corrected chi connectivity index (χ2v) is 7.56. The first-order valence-corrected chi connectivity index (χ1v) is 9.32. The van der Waals surface area contributed by atoms with Crippen molar-refractivity contribution < 1.29 is 23.1 Å². The molecule has 2 aromatic carbocycles. The Morgan fingerprint density at radius 3 is 2.46 bits per heavy atom. The number of nitrogens with one attached hydrogen (secondary N) is 1. The number of Topliss-reactive ketones (excluding diaryl/α,β-unsaturated/α-hetero) is 1. The summed E-state index contributed by atoms with van der Waals surface area (Å²) in [7, 11) is -3.90. The van der Waals surface area contributed by atoms with Gasteiger partial charge in [-0.25, -0.2) is 8.42 Å². The van der Waals surface area contributed by atoms with Crippen molar-refractivity contribution in [3.63, 3.8) is 0 Å². The molecule has 0 aliphatic rings. The molecule has 0 aliphatic heterocycles. The Balaban J connectivity index is 2.35. The highest BCUT2D eigenvalue weighted by molar-refractivity contribution is 7.92. The maximum absolute atomic E-state index is 12.6. The summed E-state index contributed by atoms with van der Waals surface area (Å²) in [5.74, 6) is -2.02. The van der Waals surface area contributed by atoms with Gasteiger partial charge in [-0.05, 0) is 36.8 Å². The average Bonchev–Trinajstić information content (AvgIpc) is 2.56. The largest absolute Gasteiger partial charge is 0.507 e. The van der Waals surface area contributed by atoms with E-state index in [4.69, 9.17) is 11.6 Å². The molecule has 0 bridgehead atoms. The van der Waals surface area contributed by atoms with E-state index in [2.05, 4.69) is 4.72 Å². The molecule has 0 aromatic heterocycles. The molecule has 0 radical (unpaired) electrons. The second kappa shape index (κ2) is 7.72. The molecule has 0 heterocycles. The van der Waals surface area contributed by atoms with Crippen molar-refractivity contribution in [2.24, 2.45) is 0 Å². The average molecular weight is 394 g/mol. The van der Waals surface area contributed by atoms with Crippen LogP contribution in [0.3, 0.4) is 0 Å². The molecule has 0 fully saturated rings. The molecule has 0 saturated carbocycles. The zero-order valence-corrected chi connectivity index (χ0v) is 15.6. The number of halogens is 1. The van der Waals surface area contributed by atoms with Crippen LogP contribution in [0.1, 0.15) is 18.1 Å². The lowest BCUT2D eigenvalue weighted by Crippen LogP contribution is -2.14. The van der Waals surface area contributed by atoms with Crippen LogP contribution in [0, 0.1) is 6.92 Å². The lowest BCUT2D eigenvalue weighted by atomic mass is 10.1. The van der Waals surface area contributed by atoms with E-state index in [1.165, 1.54) is 36.4 Å². The monoisotopic (exact) mass is 393 g/mol. The van der Waals surface area contributed by atoms with Gasteiger partial charge in [0.1, 0.15) is 5.76 Å². The van der Waals surface area contributed by atoms with E-state index >= 15 is 0 Å². The van der Waals surface area contributed by atoms with Crippen molar-refractivity contribution in [2.75, 3.05) is 4.72 Å². The number of allylic oxidation sites excluding steroid dienone is 1. The van der Waals surface area contributed by atoms with E-state index in [1.807, 2.05) is 0 Å². The van der Waals surface area contributed by atoms with Gasteiger partial charge in [0.25, 0.3) is 10.0 Å². The molecule has 2 rings (SSSR count). The Hall–Kier alpha value is -2.64. The van der Waals surface area contributed by atoms with Gasteiger partial charge in [-0.1, -0.05) is 29.8 Å². The third kappa shape index (κ3) is 4.50. The first kappa shape index (κ1) is 19.7. The number of aliphatic hydroxyl groups is 1. The second-order valence-electron chi connectivity index (χ2n) is 5.50. The van der Waals surface area contributed by atoms with Gasteiger partial charge >= 0.3 is 0 Å². The van der Waals surface area contributed by atoms with Crippen molar-refractivity contribution in [1.29, 1.82) is 0 Å². The summed E-state index contributed by atoms with van der Waals surface area (Å²) < 4.78 is 27.6. The molecule has 2 N–H and O–H groups in total. The summed E-state index contributed by atoms with van der Waals surface area (Å²) in [6.07, 6.45) is 0.789. The fraction of sp³-hybridized carbons (Fsp3) is 0.111. The zero-order chi connectivity index (χ0) is 19.5. The fourth-order valence-corrected chi connectivity index (χ4v) is 3.69. The van der Waals surface area contributed by atoms with E-state index in [0.717, 1.165) is 13.0 Å². The molecular formula is C18H16ClNO5S. The Labute approximate surface area is 156 Å². The summed E-state index contributed by atoms with van der Waals surface area (Å²) in [6.45, 7) is 2.68. The van der Waals surface area contributed by atoms with Crippen LogP contribution in [0.15, 0.2) is 53.4 Å². The summed E-state index contributed by atoms with van der Waals surface area (Å²) in [5, 5.41) is 10.3. The minimum Gasteiger partial charge on any atom is -0.507 e. The molecule has 0 spiro atoms. The molecule has 0 saturated heterocycles. The fourth-order valence-electron chi connectivity index (χ4n) is 2.14. The van der Waals surface area contributed by atoms with Crippen molar-refractivity contribution >= 4 is 44.6 Å². The molecular weight excluding hydrogens is 378 g/mol. The van der Waals surface area contributed by atoms with Crippen LogP contribution in [0.5, 0.6) is 0 Å². The molecule has 0 amide bonds. The highest BCUT2D eigenvalue weighted by Gasteiger charge is 2.18. The number of benzene rings is 2. The number of aliphatic hydroxyl groups excluding tert-OH is 1. The lowest BCUT2D eigenvalue weighted by Gasteiger charge is -2.12. The van der Waals surface area contributed by atoms with Crippen molar-refractivity contribution in [1.82, 2.24) is 0 Å². The normalized spacial score (nSPS) is 11.9. The minimum absolute atomic E-state index is 0.0296. The summed E-state index contributed by atoms with van der Waals surface area (Å²) >= 11 is 5.97. The third-order valence-electron chi connectivity index (χ3n) is 3.53. The van der Waals surface area contributed by atoms with E-state index in [0.29, 0.717) is 10.6 Å². The summed E-state index contributed by atoms with van der Waals surface area (Å²) in [6, 6.07) is 10.4. The maximum Gasteiger partial charge on any atom is 0.262 e. The molecule has 8 heteroatoms. The van der Waals surface area contributed by atoms with Crippen LogP contribution >= 0.6 is 11.6 Å². The highest BCUT2D eigenvalue weighted by Crippen LogP contribution is 2.25. The molecule has 136 valence electrons. The van der Waals surface area contributed by atoms with Crippen LogP contribution in [0.2, 0.25) is 5.02 Å². The predicted molar refractivity (Wildman–Crippen MR) is 99.7 cm³/mol. The minimum atomic E-state index is -3.90. The third-order valence-corrected chi connectivity index (χ3v) is 5.47. The smallest absolute Gasteiger partial charge is 0.262 e. The molecule has 0 aliphatic carbocycles. The van der Waals surface area contributed by atoms with Crippen LogP contribution in [0.4, 0.5) is 5.69 Å². The lowest BCUT2D eigenvalue weighted by molar-refractivity contribution is -0.132. The van der Waals surface area contributed by atoms with Crippen LogP contribution in [-0.4, -0.2) is 25.1 Å². The van der Waals surface area contributed by atoms with Crippen LogP contribution in [-0.2, 0) is 19.6 Å². The van der Waals surface area contributed by atoms with E-state index in [9.17, 15) is 23.1 Å². The number of hydrogen-bond acceptors (Lipinski definition) is 5. The quantitative estimate of drug-likeness (QED) is 0.444. The van der Waals surface area contributed by atoms with Gasteiger partial charge in [0.05, 0.1) is 4.90 Å². The SMILES string of the molecule is CC(=O)C(=O)/C=C(\O)c1cccc(NS(=O)(=O)c2cccc(Cl)c2C)c1. The summed E-state index contributed by atoms with van der Waals surface area (Å²) in [4.78, 5) is 22.4. The Morgan fingerprint density at radius 1 is 1.15 bits per heavy atom. The van der Waals surface area contributed by atoms with Gasteiger partial charge in [0, 0.05) is 29.3 Å². The van der Waals surface area contributed by atoms with Crippen LogP contribution < -0.4 is 4.72 Å². The van der Waals surface area contributed by atoms with Gasteiger partial charge in [0.2, 0.25) is 5.78 Å². The topological polar surface area (TPSA) is 101 Å². The van der Waals surface area contributed by atoms with Gasteiger partial charge in [-0.15, -0.1) is 0 Å².